The highest BCUT2D eigenvalue weighted by Crippen LogP contribution is 2.43. The molecule has 1 saturated heterocycles. The molecule has 3 rings (SSSR count). The molecule has 23 heavy (non-hydrogen) atoms. The number of rotatable bonds is 5. The van der Waals surface area contributed by atoms with Gasteiger partial charge < -0.3 is 19.7 Å². The Morgan fingerprint density at radius 3 is 2.70 bits per heavy atom. The normalized spacial score (nSPS) is 34.0. The first kappa shape index (κ1) is 16.4. The Balaban J connectivity index is 1.59. The van der Waals surface area contributed by atoms with Crippen molar-refractivity contribution in [3.8, 4) is 5.75 Å². The van der Waals surface area contributed by atoms with Gasteiger partial charge in [0.25, 0.3) is 5.92 Å². The van der Waals surface area contributed by atoms with Crippen molar-refractivity contribution in [1.29, 1.82) is 0 Å². The predicted octanol–water partition coefficient (Wildman–Crippen LogP) is 2.36. The molecule has 2 N–H and O–H groups in total. The first-order chi connectivity index (χ1) is 10.9. The second kappa shape index (κ2) is 6.55. The van der Waals surface area contributed by atoms with Crippen molar-refractivity contribution in [2.24, 2.45) is 11.8 Å². The molecule has 1 aliphatic heterocycles. The van der Waals surface area contributed by atoms with Gasteiger partial charge in [-0.25, -0.2) is 0 Å². The zero-order valence-corrected chi connectivity index (χ0v) is 12.5. The molecule has 1 aliphatic carbocycles. The van der Waals surface area contributed by atoms with Gasteiger partial charge in [-0.1, -0.05) is 24.3 Å². The molecule has 2 aliphatic rings. The fourth-order valence-electron chi connectivity index (χ4n) is 3.33. The van der Waals surface area contributed by atoms with Gasteiger partial charge in [0, 0.05) is 18.8 Å². The first-order valence-electron chi connectivity index (χ1n) is 7.71. The molecule has 1 aromatic carbocycles. The smallest absolute Gasteiger partial charge is 0.299 e. The molecule has 0 amide bonds. The molecular weight excluding hydrogens is 306 g/mol. The number of aliphatic hydroxyl groups excluding tert-OH is 2. The maximum absolute atomic E-state index is 13.9. The molecule has 0 spiro atoms. The third kappa shape index (κ3) is 3.88. The van der Waals surface area contributed by atoms with Crippen molar-refractivity contribution >= 4 is 0 Å². The van der Waals surface area contributed by atoms with E-state index in [1.54, 1.807) is 30.3 Å². The number of ether oxygens (including phenoxy) is 2. The molecule has 1 unspecified atom stereocenters. The van der Waals surface area contributed by atoms with Crippen LogP contribution < -0.4 is 4.74 Å². The minimum Gasteiger partial charge on any atom is -0.487 e. The summed E-state index contributed by atoms with van der Waals surface area (Å²) in [6.07, 6.45) is 1.01. The zero-order valence-electron chi connectivity index (χ0n) is 12.5. The Kier molecular flexibility index (Phi) is 4.66. The largest absolute Gasteiger partial charge is 0.487 e. The minimum atomic E-state index is -3.13. The van der Waals surface area contributed by atoms with Crippen LogP contribution >= 0.6 is 0 Å². The molecule has 5 atom stereocenters. The standard InChI is InChI=1S/C17H20F2O4/c18-17(19,10-22-11-4-2-1-3-5-11)7-6-12-13-8-16(21)23-15(13)9-14(12)20/h1-7,12-16,20-21H,8-10H2/b7-6+/t12-,13+,14+,15+,16?/m1/s1. The summed E-state index contributed by atoms with van der Waals surface area (Å²) in [5.74, 6) is -3.30. The lowest BCUT2D eigenvalue weighted by molar-refractivity contribution is -0.0949. The van der Waals surface area contributed by atoms with E-state index in [4.69, 9.17) is 9.47 Å². The van der Waals surface area contributed by atoms with Gasteiger partial charge in [-0.15, -0.1) is 0 Å². The van der Waals surface area contributed by atoms with E-state index in [1.165, 1.54) is 6.08 Å². The van der Waals surface area contributed by atoms with Gasteiger partial charge in [0.15, 0.2) is 12.9 Å². The summed E-state index contributed by atoms with van der Waals surface area (Å²) in [6.45, 7) is -0.760. The molecule has 6 heteroatoms. The van der Waals surface area contributed by atoms with Crippen molar-refractivity contribution in [1.82, 2.24) is 0 Å². The maximum Gasteiger partial charge on any atom is 0.299 e. The summed E-state index contributed by atoms with van der Waals surface area (Å²) in [6, 6.07) is 8.43. The van der Waals surface area contributed by atoms with Gasteiger partial charge in [-0.3, -0.25) is 0 Å². The van der Waals surface area contributed by atoms with E-state index >= 15 is 0 Å². The Morgan fingerprint density at radius 2 is 1.96 bits per heavy atom. The highest BCUT2D eigenvalue weighted by molar-refractivity contribution is 5.21. The lowest BCUT2D eigenvalue weighted by atomic mass is 9.91. The van der Waals surface area contributed by atoms with Crippen LogP contribution in [0.15, 0.2) is 42.5 Å². The van der Waals surface area contributed by atoms with E-state index < -0.39 is 30.8 Å². The quantitative estimate of drug-likeness (QED) is 0.816. The van der Waals surface area contributed by atoms with Crippen molar-refractivity contribution in [2.45, 2.75) is 37.3 Å². The van der Waals surface area contributed by atoms with Gasteiger partial charge in [-0.2, -0.15) is 8.78 Å². The molecule has 0 bridgehead atoms. The minimum absolute atomic E-state index is 0.123. The molecule has 1 aromatic rings. The van der Waals surface area contributed by atoms with Crippen LogP contribution in [0.1, 0.15) is 12.8 Å². The summed E-state index contributed by atoms with van der Waals surface area (Å²) >= 11 is 0. The van der Waals surface area contributed by atoms with Crippen LogP contribution in [0, 0.1) is 11.8 Å². The summed E-state index contributed by atoms with van der Waals surface area (Å²) in [4.78, 5) is 0. The zero-order chi connectivity index (χ0) is 16.4. The topological polar surface area (TPSA) is 58.9 Å². The van der Waals surface area contributed by atoms with E-state index in [0.717, 1.165) is 6.08 Å². The number of hydrogen-bond donors (Lipinski definition) is 2. The van der Waals surface area contributed by atoms with E-state index in [-0.39, 0.29) is 12.0 Å². The fourth-order valence-corrected chi connectivity index (χ4v) is 3.33. The van der Waals surface area contributed by atoms with E-state index in [9.17, 15) is 19.0 Å². The number of fused-ring (bicyclic) bond motifs is 1. The van der Waals surface area contributed by atoms with Gasteiger partial charge in [0.05, 0.1) is 12.2 Å². The number of para-hydroxylation sites is 1. The highest BCUT2D eigenvalue weighted by atomic mass is 19.3. The number of alkyl halides is 2. The van der Waals surface area contributed by atoms with Crippen LogP contribution in [0.3, 0.4) is 0 Å². The number of aliphatic hydroxyl groups is 2. The predicted molar refractivity (Wildman–Crippen MR) is 79.1 cm³/mol. The summed E-state index contributed by atoms with van der Waals surface area (Å²) in [5, 5.41) is 19.5. The van der Waals surface area contributed by atoms with Gasteiger partial charge in [0.1, 0.15) is 5.75 Å². The van der Waals surface area contributed by atoms with Crippen LogP contribution in [0.4, 0.5) is 8.78 Å². The monoisotopic (exact) mass is 326 g/mol. The average Bonchev–Trinajstić information content (AvgIpc) is 2.99. The second-order valence-corrected chi connectivity index (χ2v) is 6.13. The van der Waals surface area contributed by atoms with Gasteiger partial charge >= 0.3 is 0 Å². The summed E-state index contributed by atoms with van der Waals surface area (Å²) in [5.41, 5.74) is 0. The highest BCUT2D eigenvalue weighted by Gasteiger charge is 2.48. The first-order valence-corrected chi connectivity index (χ1v) is 7.71. The number of hydrogen-bond acceptors (Lipinski definition) is 4. The van der Waals surface area contributed by atoms with Crippen molar-refractivity contribution in [3.63, 3.8) is 0 Å². The van der Waals surface area contributed by atoms with Crippen LogP contribution in [-0.2, 0) is 4.74 Å². The van der Waals surface area contributed by atoms with Crippen LogP contribution in [-0.4, -0.2) is 41.2 Å². The van der Waals surface area contributed by atoms with Crippen molar-refractivity contribution in [2.75, 3.05) is 6.61 Å². The van der Waals surface area contributed by atoms with Gasteiger partial charge in [-0.05, 0) is 24.1 Å². The maximum atomic E-state index is 13.9. The Bertz CT molecular complexity index is 549. The molecule has 126 valence electrons. The van der Waals surface area contributed by atoms with E-state index in [0.29, 0.717) is 18.6 Å². The third-order valence-electron chi connectivity index (χ3n) is 4.43. The van der Waals surface area contributed by atoms with Gasteiger partial charge in [0.2, 0.25) is 0 Å². The number of halogens is 2. The van der Waals surface area contributed by atoms with E-state index in [2.05, 4.69) is 0 Å². The molecule has 0 aromatic heterocycles. The summed E-state index contributed by atoms with van der Waals surface area (Å²) < 4.78 is 38.2. The van der Waals surface area contributed by atoms with E-state index in [1.807, 2.05) is 0 Å². The molecular formula is C17H20F2O4. The summed E-state index contributed by atoms with van der Waals surface area (Å²) in [7, 11) is 0. The molecule has 4 nitrogen and oxygen atoms in total. The molecule has 1 saturated carbocycles. The SMILES string of the molecule is OC1C[C@H]2[C@@H](/C=C/C(F)(F)COc3ccccc3)[C@@H](O)C[C@@H]2O1. The molecule has 0 radical (unpaired) electrons. The van der Waals surface area contributed by atoms with Crippen LogP contribution in [0.25, 0.3) is 0 Å². The van der Waals surface area contributed by atoms with Crippen LogP contribution in [0.5, 0.6) is 5.75 Å². The molecule has 2 fully saturated rings. The fraction of sp³-hybridized carbons (Fsp3) is 0.529. The third-order valence-corrected chi connectivity index (χ3v) is 4.43. The lowest BCUT2D eigenvalue weighted by Crippen LogP contribution is -2.25. The van der Waals surface area contributed by atoms with Crippen molar-refractivity contribution < 1.29 is 28.5 Å². The Morgan fingerprint density at radius 1 is 1.22 bits per heavy atom. The Labute approximate surface area is 133 Å². The average molecular weight is 326 g/mol. The van der Waals surface area contributed by atoms with Crippen LogP contribution in [0.2, 0.25) is 0 Å². The lowest BCUT2D eigenvalue weighted by Gasteiger charge is -2.18. The number of benzene rings is 1. The molecule has 1 heterocycles. The second-order valence-electron chi connectivity index (χ2n) is 6.13. The van der Waals surface area contributed by atoms with Crippen molar-refractivity contribution in [3.05, 3.63) is 42.5 Å². The Hall–Kier alpha value is -1.50.